The minimum absolute atomic E-state index is 0.0851. The predicted octanol–water partition coefficient (Wildman–Crippen LogP) is 5.04. The van der Waals surface area contributed by atoms with Gasteiger partial charge in [0.2, 0.25) is 0 Å². The lowest BCUT2D eigenvalue weighted by molar-refractivity contribution is -0.250. The first-order valence-electron chi connectivity index (χ1n) is 10.6. The van der Waals surface area contributed by atoms with E-state index in [0.717, 1.165) is 6.61 Å². The Balaban J connectivity index is 2.00. The van der Waals surface area contributed by atoms with E-state index >= 15 is 0 Å². The van der Waals surface area contributed by atoms with Crippen LogP contribution in [0, 0.1) is 5.92 Å². The molecule has 0 aromatic carbocycles. The van der Waals surface area contributed by atoms with Crippen molar-refractivity contribution < 1.29 is 23.4 Å². The van der Waals surface area contributed by atoms with Crippen molar-refractivity contribution in [3.05, 3.63) is 0 Å². The minimum Gasteiger partial charge on any atom is -0.460 e. The molecule has 0 bridgehead atoms. The van der Waals surface area contributed by atoms with Gasteiger partial charge in [-0.05, 0) is 43.8 Å². The molecule has 0 aromatic rings. The maximum Gasteiger partial charge on any atom is 0.302 e. The van der Waals surface area contributed by atoms with Gasteiger partial charge in [-0.2, -0.15) is 0 Å². The summed E-state index contributed by atoms with van der Waals surface area (Å²) in [4.78, 5) is 11.7. The number of hydrogen-bond acceptors (Lipinski definition) is 5. The average Bonchev–Trinajstić information content (AvgIpc) is 2.55. The van der Waals surface area contributed by atoms with Gasteiger partial charge < -0.3 is 18.6 Å². The van der Waals surface area contributed by atoms with Crippen molar-refractivity contribution in [1.29, 1.82) is 0 Å². The van der Waals surface area contributed by atoms with Gasteiger partial charge in [0.05, 0.1) is 12.7 Å². The Morgan fingerprint density at radius 3 is 2.33 bits per heavy atom. The summed E-state index contributed by atoms with van der Waals surface area (Å²) >= 11 is 0. The van der Waals surface area contributed by atoms with Gasteiger partial charge in [0, 0.05) is 13.3 Å². The maximum atomic E-state index is 11.7. The van der Waals surface area contributed by atoms with Crippen LogP contribution in [0.2, 0.25) is 18.1 Å². The van der Waals surface area contributed by atoms with Crippen molar-refractivity contribution >= 4 is 14.3 Å². The van der Waals surface area contributed by atoms with Crippen molar-refractivity contribution in [2.24, 2.45) is 5.92 Å². The second kappa shape index (κ2) is 9.38. The lowest BCUT2D eigenvalue weighted by Crippen LogP contribution is -2.56. The van der Waals surface area contributed by atoms with E-state index in [-0.39, 0.29) is 35.6 Å². The summed E-state index contributed by atoms with van der Waals surface area (Å²) < 4.78 is 24.5. The third kappa shape index (κ3) is 6.55. The Hall–Kier alpha value is -0.433. The fourth-order valence-electron chi connectivity index (χ4n) is 3.72. The zero-order chi connectivity index (χ0) is 20.2. The monoisotopic (exact) mass is 400 g/mol. The van der Waals surface area contributed by atoms with E-state index in [0.29, 0.717) is 12.3 Å². The van der Waals surface area contributed by atoms with Crippen LogP contribution in [0.3, 0.4) is 0 Å². The molecule has 2 fully saturated rings. The Bertz CT molecular complexity index is 481. The van der Waals surface area contributed by atoms with Crippen LogP contribution >= 0.6 is 0 Å². The molecule has 27 heavy (non-hydrogen) atoms. The highest BCUT2D eigenvalue weighted by atomic mass is 28.4. The molecular weight excluding hydrogens is 360 g/mol. The first-order valence-corrected chi connectivity index (χ1v) is 13.5. The molecule has 1 heterocycles. The fraction of sp³-hybridized carbons (Fsp3) is 0.952. The van der Waals surface area contributed by atoms with E-state index in [4.69, 9.17) is 18.6 Å². The molecule has 4 atom stereocenters. The van der Waals surface area contributed by atoms with E-state index in [1.165, 1.54) is 39.0 Å². The summed E-state index contributed by atoms with van der Waals surface area (Å²) in [6, 6.07) is 0. The lowest BCUT2D eigenvalue weighted by Gasteiger charge is -2.46. The molecule has 0 unspecified atom stereocenters. The van der Waals surface area contributed by atoms with Gasteiger partial charge in [-0.3, -0.25) is 4.79 Å². The molecule has 0 spiro atoms. The molecule has 0 N–H and O–H groups in total. The Kier molecular flexibility index (Phi) is 7.94. The molecule has 5 nitrogen and oxygen atoms in total. The van der Waals surface area contributed by atoms with Gasteiger partial charge in [0.1, 0.15) is 12.2 Å². The number of esters is 1. The van der Waals surface area contributed by atoms with Gasteiger partial charge in [-0.15, -0.1) is 0 Å². The van der Waals surface area contributed by atoms with Gasteiger partial charge in [-0.1, -0.05) is 40.0 Å². The van der Waals surface area contributed by atoms with E-state index in [2.05, 4.69) is 33.9 Å². The molecule has 6 heteroatoms. The maximum absolute atomic E-state index is 11.7. The van der Waals surface area contributed by atoms with Gasteiger partial charge in [0.15, 0.2) is 14.6 Å². The quantitative estimate of drug-likeness (QED) is 0.462. The number of hydrogen-bond donors (Lipinski definition) is 0. The molecule has 1 saturated heterocycles. The zero-order valence-corrected chi connectivity index (χ0v) is 19.4. The minimum atomic E-state index is -2.01. The highest BCUT2D eigenvalue weighted by Gasteiger charge is 2.46. The van der Waals surface area contributed by atoms with Crippen molar-refractivity contribution in [1.82, 2.24) is 0 Å². The molecule has 158 valence electrons. The van der Waals surface area contributed by atoms with Crippen LogP contribution in [0.15, 0.2) is 0 Å². The Morgan fingerprint density at radius 1 is 1.15 bits per heavy atom. The second-order valence-electron chi connectivity index (χ2n) is 9.83. The van der Waals surface area contributed by atoms with Gasteiger partial charge in [0.25, 0.3) is 0 Å². The Labute approximate surface area is 166 Å². The first kappa shape index (κ1) is 22.9. The third-order valence-corrected chi connectivity index (χ3v) is 10.9. The SMILES string of the molecule is CC(=O)O[C@@H]1C[C@H](OCC2CCCCC2)O[C@H](C)[C@H]1O[Si](C)(C)C(C)(C)C. The summed E-state index contributed by atoms with van der Waals surface area (Å²) in [5.41, 5.74) is 0. The lowest BCUT2D eigenvalue weighted by atomic mass is 9.90. The summed E-state index contributed by atoms with van der Waals surface area (Å²) in [7, 11) is -2.01. The smallest absolute Gasteiger partial charge is 0.302 e. The summed E-state index contributed by atoms with van der Waals surface area (Å²) in [6.07, 6.45) is 5.90. The van der Waals surface area contributed by atoms with Crippen LogP contribution in [-0.2, 0) is 23.4 Å². The molecule has 1 aliphatic carbocycles. The van der Waals surface area contributed by atoms with E-state index in [9.17, 15) is 4.79 Å². The molecule has 0 radical (unpaired) electrons. The third-order valence-electron chi connectivity index (χ3n) is 6.42. The molecule has 1 saturated carbocycles. The van der Waals surface area contributed by atoms with E-state index < -0.39 is 8.32 Å². The highest BCUT2D eigenvalue weighted by molar-refractivity contribution is 6.74. The normalized spacial score (nSPS) is 30.9. The highest BCUT2D eigenvalue weighted by Crippen LogP contribution is 2.40. The summed E-state index contributed by atoms with van der Waals surface area (Å²) in [5, 5.41) is 0.0851. The van der Waals surface area contributed by atoms with Gasteiger partial charge >= 0.3 is 5.97 Å². The van der Waals surface area contributed by atoms with Crippen molar-refractivity contribution in [3.8, 4) is 0 Å². The van der Waals surface area contributed by atoms with Crippen molar-refractivity contribution in [2.45, 2.75) is 116 Å². The first-order chi connectivity index (χ1) is 12.5. The summed E-state index contributed by atoms with van der Waals surface area (Å²) in [5.74, 6) is 0.356. The van der Waals surface area contributed by atoms with Gasteiger partial charge in [-0.25, -0.2) is 0 Å². The topological polar surface area (TPSA) is 54.0 Å². The molecule has 0 aromatic heterocycles. The van der Waals surface area contributed by atoms with E-state index in [1.54, 1.807) is 0 Å². The van der Waals surface area contributed by atoms with Crippen LogP contribution < -0.4 is 0 Å². The second-order valence-corrected chi connectivity index (χ2v) is 14.6. The number of carbonyl (C=O) groups excluding carboxylic acids is 1. The van der Waals surface area contributed by atoms with Crippen LogP contribution in [0.1, 0.15) is 73.1 Å². The Morgan fingerprint density at radius 2 is 1.78 bits per heavy atom. The summed E-state index contributed by atoms with van der Waals surface area (Å²) in [6.45, 7) is 15.3. The van der Waals surface area contributed by atoms with Crippen LogP contribution in [0.5, 0.6) is 0 Å². The molecule has 2 aliphatic rings. The number of rotatable bonds is 6. The van der Waals surface area contributed by atoms with Crippen LogP contribution in [0.4, 0.5) is 0 Å². The van der Waals surface area contributed by atoms with Crippen LogP contribution in [-0.4, -0.2) is 45.5 Å². The molecular formula is C21H40O5Si. The number of carbonyl (C=O) groups is 1. The molecule has 0 amide bonds. The van der Waals surface area contributed by atoms with Crippen LogP contribution in [0.25, 0.3) is 0 Å². The van der Waals surface area contributed by atoms with Crippen molar-refractivity contribution in [2.75, 3.05) is 6.61 Å². The standard InChI is InChI=1S/C21H40O5Si/c1-15-20(26-27(6,7)21(3,4)5)18(25-16(2)22)13-19(24-15)23-14-17-11-9-8-10-12-17/h15,17-20H,8-14H2,1-7H3/t15-,18-,19-,20-/m1/s1. The molecule has 1 aliphatic heterocycles. The molecule has 2 rings (SSSR count). The van der Waals surface area contributed by atoms with Crippen molar-refractivity contribution in [3.63, 3.8) is 0 Å². The van der Waals surface area contributed by atoms with E-state index in [1.807, 2.05) is 6.92 Å². The largest absolute Gasteiger partial charge is 0.460 e. The fourth-order valence-corrected chi connectivity index (χ4v) is 5.10. The number of ether oxygens (including phenoxy) is 3. The predicted molar refractivity (Wildman–Crippen MR) is 109 cm³/mol. The zero-order valence-electron chi connectivity index (χ0n) is 18.4. The average molecular weight is 401 g/mol.